The first-order valence-electron chi connectivity index (χ1n) is 8.94. The largest absolute Gasteiger partial charge is 0.339 e. The number of anilines is 1. The highest BCUT2D eigenvalue weighted by Crippen LogP contribution is 2.32. The number of nitrogens with zero attached hydrogens (tertiary/aromatic N) is 3. The van der Waals surface area contributed by atoms with Gasteiger partial charge in [-0.05, 0) is 37.1 Å². The van der Waals surface area contributed by atoms with E-state index >= 15 is 0 Å². The van der Waals surface area contributed by atoms with Gasteiger partial charge in [-0.25, -0.2) is 0 Å². The van der Waals surface area contributed by atoms with E-state index in [0.29, 0.717) is 24.7 Å². The monoisotopic (exact) mass is 347 g/mol. The maximum atomic E-state index is 12.5. The molecule has 0 aliphatic carbocycles. The molecule has 1 atom stereocenters. The third-order valence-electron chi connectivity index (χ3n) is 4.85. The average Bonchev–Trinajstić information content (AvgIpc) is 3.29. The first kappa shape index (κ1) is 16.5. The van der Waals surface area contributed by atoms with Crippen LogP contribution in [0.4, 0.5) is 5.69 Å². The fraction of sp³-hybridized carbons (Fsp3) is 0.286. The molecule has 5 heteroatoms. The topological polar surface area (TPSA) is 59.2 Å². The molecular formula is C21H21N3O2. The second-order valence-electron chi connectivity index (χ2n) is 6.75. The molecule has 5 nitrogen and oxygen atoms in total. The molecule has 3 aromatic rings. The Hall–Kier alpha value is -2.95. The molecule has 0 unspecified atom stereocenters. The van der Waals surface area contributed by atoms with E-state index in [1.54, 1.807) is 4.90 Å². The van der Waals surface area contributed by atoms with Gasteiger partial charge in [0.2, 0.25) is 17.6 Å². The number of hydrogen-bond acceptors (Lipinski definition) is 4. The van der Waals surface area contributed by atoms with Gasteiger partial charge < -0.3 is 9.42 Å². The molecule has 0 N–H and O–H groups in total. The van der Waals surface area contributed by atoms with Crippen molar-refractivity contribution in [2.24, 2.45) is 0 Å². The van der Waals surface area contributed by atoms with Crippen molar-refractivity contribution in [3.05, 3.63) is 65.5 Å². The number of aryl methyl sites for hydroxylation is 2. The highest BCUT2D eigenvalue weighted by atomic mass is 16.5. The van der Waals surface area contributed by atoms with Crippen LogP contribution in [-0.2, 0) is 11.2 Å². The number of benzene rings is 2. The number of carbonyl (C=O) groups is 1. The van der Waals surface area contributed by atoms with Gasteiger partial charge in [0.05, 0.1) is 5.92 Å². The van der Waals surface area contributed by atoms with E-state index < -0.39 is 0 Å². The molecule has 0 radical (unpaired) electrons. The minimum Gasteiger partial charge on any atom is -0.339 e. The van der Waals surface area contributed by atoms with E-state index in [1.807, 2.05) is 43.3 Å². The molecule has 132 valence electrons. The van der Waals surface area contributed by atoms with Crippen molar-refractivity contribution < 1.29 is 9.32 Å². The van der Waals surface area contributed by atoms with Crippen LogP contribution in [0.1, 0.15) is 36.3 Å². The molecule has 2 aromatic carbocycles. The molecule has 1 aliphatic rings. The number of hydrogen-bond donors (Lipinski definition) is 0. The first-order valence-corrected chi connectivity index (χ1v) is 8.94. The maximum absolute atomic E-state index is 12.5. The van der Waals surface area contributed by atoms with Gasteiger partial charge in [-0.15, -0.1) is 0 Å². The molecule has 0 spiro atoms. The third-order valence-corrected chi connectivity index (χ3v) is 4.85. The summed E-state index contributed by atoms with van der Waals surface area (Å²) in [6.45, 7) is 4.72. The predicted molar refractivity (Wildman–Crippen MR) is 100 cm³/mol. The molecule has 1 saturated heterocycles. The molecular weight excluding hydrogens is 326 g/mol. The maximum Gasteiger partial charge on any atom is 0.232 e. The van der Waals surface area contributed by atoms with Gasteiger partial charge in [0.1, 0.15) is 0 Å². The molecule has 26 heavy (non-hydrogen) atoms. The molecule has 1 fully saturated rings. The minimum atomic E-state index is -0.0700. The van der Waals surface area contributed by atoms with Gasteiger partial charge in [-0.3, -0.25) is 4.79 Å². The second-order valence-corrected chi connectivity index (χ2v) is 6.75. The van der Waals surface area contributed by atoms with Crippen LogP contribution in [-0.4, -0.2) is 22.6 Å². The standard InChI is InChI=1S/C21H21N3O2/c1-3-15-7-9-18(10-8-15)24-13-17(12-19(24)25)21-22-20(23-26-21)16-6-4-5-14(2)11-16/h4-11,17H,3,12-13H2,1-2H3/t17-/m1/s1. The normalized spacial score (nSPS) is 17.1. The van der Waals surface area contributed by atoms with Crippen LogP contribution in [0.5, 0.6) is 0 Å². The Labute approximate surface area is 152 Å². The van der Waals surface area contributed by atoms with E-state index in [4.69, 9.17) is 4.52 Å². The quantitative estimate of drug-likeness (QED) is 0.712. The number of rotatable bonds is 4. The van der Waals surface area contributed by atoms with Gasteiger partial charge in [0, 0.05) is 24.2 Å². The molecule has 1 amide bonds. The summed E-state index contributed by atoms with van der Waals surface area (Å²) in [5.74, 6) is 1.12. The van der Waals surface area contributed by atoms with Crippen LogP contribution >= 0.6 is 0 Å². The lowest BCUT2D eigenvalue weighted by Gasteiger charge is -2.16. The van der Waals surface area contributed by atoms with Gasteiger partial charge in [0.25, 0.3) is 0 Å². The lowest BCUT2D eigenvalue weighted by atomic mass is 10.1. The van der Waals surface area contributed by atoms with Crippen LogP contribution in [0, 0.1) is 6.92 Å². The highest BCUT2D eigenvalue weighted by molar-refractivity contribution is 5.96. The zero-order valence-corrected chi connectivity index (χ0v) is 15.0. The zero-order valence-electron chi connectivity index (χ0n) is 15.0. The summed E-state index contributed by atoms with van der Waals surface area (Å²) in [7, 11) is 0. The molecule has 4 rings (SSSR count). The van der Waals surface area contributed by atoms with E-state index in [9.17, 15) is 4.79 Å². The van der Waals surface area contributed by atoms with Gasteiger partial charge >= 0.3 is 0 Å². The Balaban J connectivity index is 1.53. The van der Waals surface area contributed by atoms with Crippen molar-refractivity contribution in [3.8, 4) is 11.4 Å². The van der Waals surface area contributed by atoms with Crippen molar-refractivity contribution >= 4 is 11.6 Å². The number of carbonyl (C=O) groups excluding carboxylic acids is 1. The van der Waals surface area contributed by atoms with Crippen LogP contribution in [0.2, 0.25) is 0 Å². The van der Waals surface area contributed by atoms with Crippen LogP contribution < -0.4 is 4.90 Å². The summed E-state index contributed by atoms with van der Waals surface area (Å²) in [5.41, 5.74) is 4.26. The van der Waals surface area contributed by atoms with Crippen molar-refractivity contribution in [3.63, 3.8) is 0 Å². The summed E-state index contributed by atoms with van der Waals surface area (Å²) < 4.78 is 5.47. The number of aromatic nitrogens is 2. The molecule has 1 aromatic heterocycles. The lowest BCUT2D eigenvalue weighted by molar-refractivity contribution is -0.117. The SMILES string of the molecule is CCc1ccc(N2C[C@H](c3nc(-c4cccc(C)c4)no3)CC2=O)cc1. The zero-order chi connectivity index (χ0) is 18.1. The van der Waals surface area contributed by atoms with Crippen LogP contribution in [0.25, 0.3) is 11.4 Å². The number of amides is 1. The predicted octanol–water partition coefficient (Wildman–Crippen LogP) is 4.13. The molecule has 0 saturated carbocycles. The van der Waals surface area contributed by atoms with E-state index in [2.05, 4.69) is 29.2 Å². The van der Waals surface area contributed by atoms with Gasteiger partial charge in [0.15, 0.2) is 0 Å². The molecule has 2 heterocycles. The summed E-state index contributed by atoms with van der Waals surface area (Å²) in [5, 5.41) is 4.10. The van der Waals surface area contributed by atoms with E-state index in [0.717, 1.165) is 23.2 Å². The average molecular weight is 347 g/mol. The minimum absolute atomic E-state index is 0.0700. The third kappa shape index (κ3) is 3.12. The highest BCUT2D eigenvalue weighted by Gasteiger charge is 2.35. The summed E-state index contributed by atoms with van der Waals surface area (Å²) in [6.07, 6.45) is 1.38. The summed E-state index contributed by atoms with van der Waals surface area (Å²) >= 11 is 0. The van der Waals surface area contributed by atoms with Crippen LogP contribution in [0.3, 0.4) is 0 Å². The van der Waals surface area contributed by atoms with Crippen molar-refractivity contribution in [2.45, 2.75) is 32.6 Å². The Morgan fingerprint density at radius 1 is 1.19 bits per heavy atom. The van der Waals surface area contributed by atoms with Crippen molar-refractivity contribution in [2.75, 3.05) is 11.4 Å². The first-order chi connectivity index (χ1) is 12.6. The summed E-state index contributed by atoms with van der Waals surface area (Å²) in [4.78, 5) is 18.8. The molecule has 1 aliphatic heterocycles. The molecule has 0 bridgehead atoms. The van der Waals surface area contributed by atoms with Crippen molar-refractivity contribution in [1.29, 1.82) is 0 Å². The summed E-state index contributed by atoms with van der Waals surface area (Å²) in [6, 6.07) is 16.1. The van der Waals surface area contributed by atoms with Gasteiger partial charge in [-0.2, -0.15) is 4.98 Å². The Bertz CT molecular complexity index is 930. The smallest absolute Gasteiger partial charge is 0.232 e. The van der Waals surface area contributed by atoms with E-state index in [-0.39, 0.29) is 11.8 Å². The second kappa shape index (κ2) is 6.75. The van der Waals surface area contributed by atoms with E-state index in [1.165, 1.54) is 5.56 Å². The lowest BCUT2D eigenvalue weighted by Crippen LogP contribution is -2.24. The fourth-order valence-corrected chi connectivity index (χ4v) is 3.34. The Kier molecular flexibility index (Phi) is 4.29. The Morgan fingerprint density at radius 2 is 2.00 bits per heavy atom. The Morgan fingerprint density at radius 3 is 2.73 bits per heavy atom. The fourth-order valence-electron chi connectivity index (χ4n) is 3.34. The van der Waals surface area contributed by atoms with Crippen LogP contribution in [0.15, 0.2) is 53.1 Å². The van der Waals surface area contributed by atoms with Crippen molar-refractivity contribution in [1.82, 2.24) is 10.1 Å². The van der Waals surface area contributed by atoms with Gasteiger partial charge in [-0.1, -0.05) is 48.0 Å².